The van der Waals surface area contributed by atoms with Crippen LogP contribution in [0.3, 0.4) is 0 Å². The minimum absolute atomic E-state index is 0.242. The van der Waals surface area contributed by atoms with Gasteiger partial charge in [-0.3, -0.25) is 4.79 Å². The van der Waals surface area contributed by atoms with Crippen molar-refractivity contribution < 1.29 is 4.79 Å². The third kappa shape index (κ3) is 7.68. The predicted molar refractivity (Wildman–Crippen MR) is 49.7 cm³/mol. The summed E-state index contributed by atoms with van der Waals surface area (Å²) >= 11 is 1.79. The second-order valence-corrected chi connectivity index (χ2v) is 3.44. The maximum atomic E-state index is 10.3. The molecule has 0 bridgehead atoms. The van der Waals surface area contributed by atoms with Crippen molar-refractivity contribution in [3.8, 4) is 0 Å². The summed E-state index contributed by atoms with van der Waals surface area (Å²) in [7, 11) is 0. The van der Waals surface area contributed by atoms with E-state index in [-0.39, 0.29) is 5.91 Å². The van der Waals surface area contributed by atoms with Crippen LogP contribution in [-0.2, 0) is 4.79 Å². The van der Waals surface area contributed by atoms with Crippen molar-refractivity contribution >= 4 is 17.7 Å². The van der Waals surface area contributed by atoms with Gasteiger partial charge in [-0.2, -0.15) is 11.8 Å². The molecule has 3 nitrogen and oxygen atoms in total. The predicted octanol–water partition coefficient (Wildman–Crippen LogP) is 0.203. The minimum Gasteiger partial charge on any atom is -0.370 e. The Balaban J connectivity index is 3.16. The fourth-order valence-corrected chi connectivity index (χ4v) is 1.37. The highest BCUT2D eigenvalue weighted by Crippen LogP contribution is 1.95. The van der Waals surface area contributed by atoms with E-state index in [2.05, 4.69) is 18.5 Å². The Bertz CT molecular complexity index is 119. The summed E-state index contributed by atoms with van der Waals surface area (Å²) in [6.45, 7) is 2.79. The summed E-state index contributed by atoms with van der Waals surface area (Å²) in [6, 6.07) is 0.462. The first-order valence-electron chi connectivity index (χ1n) is 3.67. The van der Waals surface area contributed by atoms with Gasteiger partial charge in [0.05, 0.1) is 0 Å². The zero-order chi connectivity index (χ0) is 8.69. The zero-order valence-corrected chi connectivity index (χ0v) is 7.91. The Kier molecular flexibility index (Phi) is 6.36. The first kappa shape index (κ1) is 10.8. The van der Waals surface area contributed by atoms with Crippen LogP contribution in [-0.4, -0.2) is 30.5 Å². The first-order chi connectivity index (χ1) is 5.16. The lowest BCUT2D eigenvalue weighted by atomic mass is 10.3. The van der Waals surface area contributed by atoms with Gasteiger partial charge in [-0.05, 0) is 13.2 Å². The topological polar surface area (TPSA) is 55.1 Å². The van der Waals surface area contributed by atoms with E-state index < -0.39 is 0 Å². The van der Waals surface area contributed by atoms with Gasteiger partial charge in [0.2, 0.25) is 5.91 Å². The molecule has 1 atom stereocenters. The first-order valence-corrected chi connectivity index (χ1v) is 5.06. The average Bonchev–Trinajstić information content (AvgIpc) is 1.87. The SMILES string of the molecule is CSCC(C)NCCC(N)=O. The van der Waals surface area contributed by atoms with Crippen LogP contribution in [0.1, 0.15) is 13.3 Å². The van der Waals surface area contributed by atoms with Gasteiger partial charge >= 0.3 is 0 Å². The molecule has 0 aliphatic heterocycles. The highest BCUT2D eigenvalue weighted by Gasteiger charge is 1.99. The molecule has 1 amide bonds. The van der Waals surface area contributed by atoms with Crippen LogP contribution in [0, 0.1) is 0 Å². The van der Waals surface area contributed by atoms with E-state index in [0.717, 1.165) is 5.75 Å². The van der Waals surface area contributed by atoms with Gasteiger partial charge in [0.25, 0.3) is 0 Å². The molecule has 0 heterocycles. The maximum Gasteiger partial charge on any atom is 0.218 e. The molecule has 0 rings (SSSR count). The largest absolute Gasteiger partial charge is 0.370 e. The molecule has 1 unspecified atom stereocenters. The summed E-state index contributed by atoms with van der Waals surface area (Å²) in [5.41, 5.74) is 4.97. The van der Waals surface area contributed by atoms with Crippen molar-refractivity contribution in [3.63, 3.8) is 0 Å². The van der Waals surface area contributed by atoms with Crippen molar-refractivity contribution in [1.29, 1.82) is 0 Å². The summed E-state index contributed by atoms with van der Waals surface area (Å²) in [6.07, 6.45) is 2.49. The third-order valence-electron chi connectivity index (χ3n) is 1.28. The van der Waals surface area contributed by atoms with Crippen LogP contribution < -0.4 is 11.1 Å². The number of rotatable bonds is 6. The zero-order valence-electron chi connectivity index (χ0n) is 7.09. The quantitative estimate of drug-likeness (QED) is 0.608. The van der Waals surface area contributed by atoms with Crippen LogP contribution >= 0.6 is 11.8 Å². The number of nitrogens with one attached hydrogen (secondary N) is 1. The molecule has 66 valence electrons. The number of thioether (sulfide) groups is 1. The van der Waals surface area contributed by atoms with E-state index >= 15 is 0 Å². The Labute approximate surface area is 72.1 Å². The van der Waals surface area contributed by atoms with Crippen molar-refractivity contribution in [2.45, 2.75) is 19.4 Å². The molecule has 3 N–H and O–H groups in total. The lowest BCUT2D eigenvalue weighted by molar-refractivity contribution is -0.117. The molecular weight excluding hydrogens is 160 g/mol. The number of amides is 1. The minimum atomic E-state index is -0.242. The summed E-state index contributed by atoms with van der Waals surface area (Å²) in [5, 5.41) is 3.19. The second-order valence-electron chi connectivity index (χ2n) is 2.53. The standard InChI is InChI=1S/C7H16N2OS/c1-6(5-11-2)9-4-3-7(8)10/h6,9H,3-5H2,1-2H3,(H2,8,10). The molecule has 0 radical (unpaired) electrons. The lowest BCUT2D eigenvalue weighted by Crippen LogP contribution is -2.31. The lowest BCUT2D eigenvalue weighted by Gasteiger charge is -2.10. The normalized spacial score (nSPS) is 12.9. The number of carbonyl (C=O) groups is 1. The molecule has 0 aromatic carbocycles. The van der Waals surface area contributed by atoms with Gasteiger partial charge in [-0.1, -0.05) is 0 Å². The van der Waals surface area contributed by atoms with Gasteiger partial charge in [0.1, 0.15) is 0 Å². The summed E-state index contributed by atoms with van der Waals surface area (Å²) < 4.78 is 0. The molecule has 0 aromatic rings. The van der Waals surface area contributed by atoms with Crippen LogP contribution in [0.4, 0.5) is 0 Å². The van der Waals surface area contributed by atoms with E-state index in [9.17, 15) is 4.79 Å². The van der Waals surface area contributed by atoms with Gasteiger partial charge < -0.3 is 11.1 Å². The van der Waals surface area contributed by atoms with Gasteiger partial charge in [0, 0.05) is 24.8 Å². The number of nitrogens with two attached hydrogens (primary N) is 1. The molecule has 0 fully saturated rings. The van der Waals surface area contributed by atoms with E-state index in [1.165, 1.54) is 0 Å². The van der Waals surface area contributed by atoms with Crippen molar-refractivity contribution in [1.82, 2.24) is 5.32 Å². The van der Waals surface area contributed by atoms with Crippen LogP contribution in [0.5, 0.6) is 0 Å². The number of carbonyl (C=O) groups excluding carboxylic acids is 1. The van der Waals surface area contributed by atoms with E-state index in [1.807, 2.05) is 0 Å². The van der Waals surface area contributed by atoms with Crippen LogP contribution in [0.2, 0.25) is 0 Å². The van der Waals surface area contributed by atoms with Crippen molar-refractivity contribution in [2.24, 2.45) is 5.73 Å². The highest BCUT2D eigenvalue weighted by atomic mass is 32.2. The highest BCUT2D eigenvalue weighted by molar-refractivity contribution is 7.98. The molecule has 4 heteroatoms. The van der Waals surface area contributed by atoms with Crippen LogP contribution in [0.15, 0.2) is 0 Å². The number of hydrogen-bond acceptors (Lipinski definition) is 3. The smallest absolute Gasteiger partial charge is 0.218 e. The molecule has 0 saturated heterocycles. The molecule has 0 saturated carbocycles. The Hall–Kier alpha value is -0.220. The third-order valence-corrected chi connectivity index (χ3v) is 2.11. The van der Waals surface area contributed by atoms with Crippen LogP contribution in [0.25, 0.3) is 0 Å². The Morgan fingerprint density at radius 2 is 2.36 bits per heavy atom. The molecule has 0 spiro atoms. The summed E-state index contributed by atoms with van der Waals surface area (Å²) in [4.78, 5) is 10.3. The fourth-order valence-electron chi connectivity index (χ4n) is 0.751. The molecule has 0 aromatic heterocycles. The Morgan fingerprint density at radius 1 is 1.73 bits per heavy atom. The number of primary amides is 1. The molecule has 0 aliphatic carbocycles. The summed E-state index contributed by atoms with van der Waals surface area (Å²) in [5.74, 6) is 0.826. The average molecular weight is 176 g/mol. The Morgan fingerprint density at radius 3 is 2.82 bits per heavy atom. The molecule has 11 heavy (non-hydrogen) atoms. The van der Waals surface area contributed by atoms with Gasteiger partial charge in [0.15, 0.2) is 0 Å². The van der Waals surface area contributed by atoms with Crippen molar-refractivity contribution in [3.05, 3.63) is 0 Å². The van der Waals surface area contributed by atoms with Gasteiger partial charge in [-0.25, -0.2) is 0 Å². The van der Waals surface area contributed by atoms with E-state index in [0.29, 0.717) is 19.0 Å². The molecule has 0 aliphatic rings. The van der Waals surface area contributed by atoms with Crippen molar-refractivity contribution in [2.75, 3.05) is 18.6 Å². The monoisotopic (exact) mass is 176 g/mol. The maximum absolute atomic E-state index is 10.3. The second kappa shape index (κ2) is 6.49. The van der Waals surface area contributed by atoms with E-state index in [1.54, 1.807) is 11.8 Å². The number of hydrogen-bond donors (Lipinski definition) is 2. The molecular formula is C7H16N2OS. The fraction of sp³-hybridized carbons (Fsp3) is 0.857. The van der Waals surface area contributed by atoms with E-state index in [4.69, 9.17) is 5.73 Å². The van der Waals surface area contributed by atoms with Gasteiger partial charge in [-0.15, -0.1) is 0 Å².